The third-order valence-electron chi connectivity index (χ3n) is 15.1. The molecule has 0 unspecified atom stereocenters. The van der Waals surface area contributed by atoms with Gasteiger partial charge < -0.3 is 9.80 Å². The molecule has 2 heteroatoms. The molecule has 0 saturated heterocycles. The standard InChI is InChI=1S/C67H52N2/c1-41-33-42(2)36-52(35-41)68(62-21-13-7-15-45(62)5)50-26-30-55-48(39-50)23-28-57-58-29-24-49-40-51(69(63-22-14-8-16-46(63)6)53-37-43(3)34-44(4)38-53)27-31-56(49)66(58)67(65(55)57)60-20-12-11-19-59(60)64-54-18-10-9-17-47(54)25-32-61(64)67/h7-40H,1-6H3. The molecule has 2 aliphatic rings. The van der Waals surface area contributed by atoms with Crippen LogP contribution in [0, 0.1) is 41.5 Å². The number of anilines is 6. The summed E-state index contributed by atoms with van der Waals surface area (Å²) in [6.07, 6.45) is 0. The first-order valence-electron chi connectivity index (χ1n) is 24.3. The molecule has 0 N–H and O–H groups in total. The molecular formula is C67H52N2. The van der Waals surface area contributed by atoms with E-state index in [4.69, 9.17) is 0 Å². The van der Waals surface area contributed by atoms with E-state index in [1.54, 1.807) is 0 Å². The molecule has 0 aromatic heterocycles. The van der Waals surface area contributed by atoms with Gasteiger partial charge in [-0.15, -0.1) is 0 Å². The number of hydrogen-bond acceptors (Lipinski definition) is 2. The summed E-state index contributed by atoms with van der Waals surface area (Å²) in [5.74, 6) is 0. The highest BCUT2D eigenvalue weighted by Crippen LogP contribution is 2.66. The van der Waals surface area contributed by atoms with Crippen molar-refractivity contribution >= 4 is 66.4 Å². The SMILES string of the molecule is Cc1cc(C)cc(N(c2ccc3c4c(ccc3c2)-c2ccc3cc(N(c5cc(C)cc(C)c5)c5ccccc5C)ccc3c2C42c3ccccc3-c3c2ccc2ccccc32)c2ccccc2C)c1. The molecule has 0 atom stereocenters. The molecule has 0 heterocycles. The van der Waals surface area contributed by atoms with Crippen LogP contribution < -0.4 is 9.80 Å². The molecule has 69 heavy (non-hydrogen) atoms. The van der Waals surface area contributed by atoms with Gasteiger partial charge in [-0.05, 0) is 212 Å². The van der Waals surface area contributed by atoms with Crippen LogP contribution in [-0.4, -0.2) is 0 Å². The molecule has 11 aromatic carbocycles. The number of para-hydroxylation sites is 2. The lowest BCUT2D eigenvalue weighted by Crippen LogP contribution is -2.26. The van der Waals surface area contributed by atoms with Crippen LogP contribution in [0.2, 0.25) is 0 Å². The van der Waals surface area contributed by atoms with Crippen molar-refractivity contribution in [3.05, 3.63) is 262 Å². The quantitative estimate of drug-likeness (QED) is 0.164. The van der Waals surface area contributed by atoms with Gasteiger partial charge in [-0.3, -0.25) is 0 Å². The molecule has 2 nitrogen and oxygen atoms in total. The normalized spacial score (nSPS) is 12.9. The fourth-order valence-electron chi connectivity index (χ4n) is 12.5. The van der Waals surface area contributed by atoms with E-state index in [-0.39, 0.29) is 0 Å². The summed E-state index contributed by atoms with van der Waals surface area (Å²) in [4.78, 5) is 4.89. The monoisotopic (exact) mass is 884 g/mol. The van der Waals surface area contributed by atoms with Crippen molar-refractivity contribution < 1.29 is 0 Å². The average Bonchev–Trinajstić information content (AvgIpc) is 3.82. The van der Waals surface area contributed by atoms with E-state index in [0.717, 1.165) is 11.4 Å². The number of aryl methyl sites for hydroxylation is 6. The van der Waals surface area contributed by atoms with Gasteiger partial charge in [0.2, 0.25) is 0 Å². The van der Waals surface area contributed by atoms with Crippen LogP contribution in [0.5, 0.6) is 0 Å². The Balaban J connectivity index is 1.10. The van der Waals surface area contributed by atoms with E-state index < -0.39 is 5.41 Å². The third-order valence-corrected chi connectivity index (χ3v) is 15.1. The van der Waals surface area contributed by atoms with Gasteiger partial charge in [-0.2, -0.15) is 0 Å². The fourth-order valence-corrected chi connectivity index (χ4v) is 12.5. The molecule has 2 aliphatic carbocycles. The highest BCUT2D eigenvalue weighted by molar-refractivity contribution is 6.13. The minimum atomic E-state index is -0.588. The summed E-state index contributed by atoms with van der Waals surface area (Å²) in [6, 6.07) is 78.4. The van der Waals surface area contributed by atoms with E-state index in [2.05, 4.69) is 258 Å². The lowest BCUT2D eigenvalue weighted by Gasteiger charge is -2.33. The van der Waals surface area contributed by atoms with Crippen LogP contribution in [0.25, 0.3) is 54.6 Å². The first kappa shape index (κ1) is 41.0. The number of hydrogen-bond donors (Lipinski definition) is 0. The topological polar surface area (TPSA) is 6.48 Å². The summed E-state index contributed by atoms with van der Waals surface area (Å²) in [5.41, 5.74) is 24.5. The molecule has 330 valence electrons. The van der Waals surface area contributed by atoms with Crippen molar-refractivity contribution in [1.82, 2.24) is 0 Å². The molecule has 0 bridgehead atoms. The van der Waals surface area contributed by atoms with Crippen LogP contribution in [-0.2, 0) is 5.41 Å². The lowest BCUT2D eigenvalue weighted by molar-refractivity contribution is 0.810. The zero-order valence-corrected chi connectivity index (χ0v) is 40.0. The zero-order valence-electron chi connectivity index (χ0n) is 40.0. The summed E-state index contributed by atoms with van der Waals surface area (Å²) >= 11 is 0. The van der Waals surface area contributed by atoms with Crippen molar-refractivity contribution in [1.29, 1.82) is 0 Å². The van der Waals surface area contributed by atoms with Gasteiger partial charge in [0.25, 0.3) is 0 Å². The van der Waals surface area contributed by atoms with E-state index in [0.29, 0.717) is 0 Å². The second-order valence-corrected chi connectivity index (χ2v) is 19.7. The second kappa shape index (κ2) is 15.4. The Bertz CT molecular complexity index is 3720. The summed E-state index contributed by atoms with van der Waals surface area (Å²) in [5, 5.41) is 7.56. The summed E-state index contributed by atoms with van der Waals surface area (Å²) in [7, 11) is 0. The Hall–Kier alpha value is -8.20. The predicted molar refractivity (Wildman–Crippen MR) is 293 cm³/mol. The van der Waals surface area contributed by atoms with Crippen LogP contribution >= 0.6 is 0 Å². The van der Waals surface area contributed by atoms with E-state index in [1.807, 2.05) is 0 Å². The highest BCUT2D eigenvalue weighted by Gasteiger charge is 2.53. The van der Waals surface area contributed by atoms with Crippen molar-refractivity contribution in [3.8, 4) is 22.3 Å². The molecule has 0 radical (unpaired) electrons. The maximum absolute atomic E-state index is 2.46. The maximum atomic E-state index is 2.46. The Morgan fingerprint density at radius 3 is 1.30 bits per heavy atom. The van der Waals surface area contributed by atoms with Gasteiger partial charge >= 0.3 is 0 Å². The summed E-state index contributed by atoms with van der Waals surface area (Å²) in [6.45, 7) is 13.2. The third kappa shape index (κ3) is 6.11. The van der Waals surface area contributed by atoms with Crippen molar-refractivity contribution in [2.75, 3.05) is 9.80 Å². The Labute approximate surface area is 405 Å². The molecule has 1 spiro atoms. The number of rotatable bonds is 6. The van der Waals surface area contributed by atoms with Crippen LogP contribution in [0.15, 0.2) is 206 Å². The molecule has 0 fully saturated rings. The average molecular weight is 885 g/mol. The van der Waals surface area contributed by atoms with Crippen molar-refractivity contribution in [2.24, 2.45) is 0 Å². The molecule has 0 aliphatic heterocycles. The molecule has 13 rings (SSSR count). The van der Waals surface area contributed by atoms with Gasteiger partial charge in [0, 0.05) is 34.1 Å². The Morgan fingerprint density at radius 2 is 0.768 bits per heavy atom. The second-order valence-electron chi connectivity index (χ2n) is 19.7. The van der Waals surface area contributed by atoms with Crippen molar-refractivity contribution in [3.63, 3.8) is 0 Å². The lowest BCUT2D eigenvalue weighted by atomic mass is 9.68. The minimum absolute atomic E-state index is 0.588. The van der Waals surface area contributed by atoms with Gasteiger partial charge in [-0.1, -0.05) is 146 Å². The number of fused-ring (bicyclic) bond motifs is 16. The Morgan fingerprint density at radius 1 is 0.304 bits per heavy atom. The maximum Gasteiger partial charge on any atom is 0.0737 e. The zero-order chi connectivity index (χ0) is 46.7. The van der Waals surface area contributed by atoms with Gasteiger partial charge in [0.1, 0.15) is 0 Å². The van der Waals surface area contributed by atoms with Gasteiger partial charge in [-0.25, -0.2) is 0 Å². The van der Waals surface area contributed by atoms with Crippen LogP contribution in [0.1, 0.15) is 55.6 Å². The fraction of sp³-hybridized carbons (Fsp3) is 0.104. The minimum Gasteiger partial charge on any atom is -0.310 e. The Kier molecular flexibility index (Phi) is 9.17. The predicted octanol–water partition coefficient (Wildman–Crippen LogP) is 18.3. The van der Waals surface area contributed by atoms with Crippen molar-refractivity contribution in [2.45, 2.75) is 47.0 Å². The van der Waals surface area contributed by atoms with E-state index in [1.165, 1.54) is 133 Å². The molecular weight excluding hydrogens is 833 g/mol. The highest BCUT2D eigenvalue weighted by atomic mass is 15.1. The largest absolute Gasteiger partial charge is 0.310 e. The van der Waals surface area contributed by atoms with Gasteiger partial charge in [0.15, 0.2) is 0 Å². The smallest absolute Gasteiger partial charge is 0.0737 e. The van der Waals surface area contributed by atoms with Gasteiger partial charge in [0.05, 0.1) is 5.41 Å². The number of benzene rings is 11. The molecule has 0 saturated carbocycles. The first-order chi connectivity index (χ1) is 33.7. The molecule has 0 amide bonds. The number of nitrogens with zero attached hydrogens (tertiary/aromatic N) is 2. The van der Waals surface area contributed by atoms with Crippen LogP contribution in [0.3, 0.4) is 0 Å². The first-order valence-corrected chi connectivity index (χ1v) is 24.3. The van der Waals surface area contributed by atoms with E-state index >= 15 is 0 Å². The van der Waals surface area contributed by atoms with Crippen LogP contribution in [0.4, 0.5) is 34.1 Å². The molecule has 11 aromatic rings. The van der Waals surface area contributed by atoms with E-state index in [9.17, 15) is 0 Å². The summed E-state index contributed by atoms with van der Waals surface area (Å²) < 4.78 is 0.